The van der Waals surface area contributed by atoms with Crippen molar-refractivity contribution in [1.29, 1.82) is 0 Å². The zero-order valence-corrected chi connectivity index (χ0v) is 11.0. The van der Waals surface area contributed by atoms with Crippen molar-refractivity contribution in [2.24, 2.45) is 0 Å². The summed E-state index contributed by atoms with van der Waals surface area (Å²) in [5.41, 5.74) is 1.33. The van der Waals surface area contributed by atoms with Gasteiger partial charge < -0.3 is 14.8 Å². The summed E-state index contributed by atoms with van der Waals surface area (Å²) >= 11 is 1.72. The Hall–Kier alpha value is -0.420. The highest BCUT2D eigenvalue weighted by molar-refractivity contribution is 7.07. The van der Waals surface area contributed by atoms with Crippen LogP contribution in [-0.2, 0) is 15.9 Å². The summed E-state index contributed by atoms with van der Waals surface area (Å²) in [6, 6.07) is 2.36. The van der Waals surface area contributed by atoms with Crippen molar-refractivity contribution in [3.63, 3.8) is 0 Å². The monoisotopic (exact) mass is 243 g/mol. The van der Waals surface area contributed by atoms with Gasteiger partial charge in [0, 0.05) is 14.2 Å². The Kier molecular flexibility index (Phi) is 6.64. The first-order valence-corrected chi connectivity index (χ1v) is 6.56. The summed E-state index contributed by atoms with van der Waals surface area (Å²) < 4.78 is 10.7. The molecule has 0 bridgehead atoms. The molecule has 4 heteroatoms. The van der Waals surface area contributed by atoms with E-state index in [0.29, 0.717) is 0 Å². The molecule has 1 atom stereocenters. The SMILES string of the molecule is CCCNC(Cc1ccsc1)C(OC)OC. The lowest BCUT2D eigenvalue weighted by Gasteiger charge is -2.25. The van der Waals surface area contributed by atoms with Gasteiger partial charge in [0.1, 0.15) is 0 Å². The van der Waals surface area contributed by atoms with Crippen LogP contribution in [0, 0.1) is 0 Å². The van der Waals surface area contributed by atoms with Crippen molar-refractivity contribution in [2.45, 2.75) is 32.1 Å². The third-order valence-electron chi connectivity index (χ3n) is 2.49. The molecule has 0 spiro atoms. The van der Waals surface area contributed by atoms with Gasteiger partial charge in [-0.15, -0.1) is 0 Å². The van der Waals surface area contributed by atoms with Crippen LogP contribution >= 0.6 is 11.3 Å². The lowest BCUT2D eigenvalue weighted by Crippen LogP contribution is -2.43. The lowest BCUT2D eigenvalue weighted by atomic mass is 10.1. The van der Waals surface area contributed by atoms with Crippen LogP contribution in [0.15, 0.2) is 16.8 Å². The first-order valence-electron chi connectivity index (χ1n) is 5.61. The summed E-state index contributed by atoms with van der Waals surface area (Å²) in [5, 5.41) is 7.73. The Morgan fingerprint density at radius 1 is 1.38 bits per heavy atom. The Morgan fingerprint density at radius 3 is 2.62 bits per heavy atom. The summed E-state index contributed by atoms with van der Waals surface area (Å²) in [6.45, 7) is 3.14. The number of thiophene rings is 1. The van der Waals surface area contributed by atoms with Gasteiger partial charge >= 0.3 is 0 Å². The average Bonchev–Trinajstić information content (AvgIpc) is 2.80. The third kappa shape index (κ3) is 4.22. The molecular formula is C12H21NO2S. The Labute approximate surface area is 102 Å². The number of hydrogen-bond donors (Lipinski definition) is 1. The highest BCUT2D eigenvalue weighted by Gasteiger charge is 2.20. The van der Waals surface area contributed by atoms with E-state index in [9.17, 15) is 0 Å². The highest BCUT2D eigenvalue weighted by atomic mass is 32.1. The van der Waals surface area contributed by atoms with Gasteiger partial charge in [-0.05, 0) is 41.8 Å². The molecule has 16 heavy (non-hydrogen) atoms. The summed E-state index contributed by atoms with van der Waals surface area (Å²) in [7, 11) is 3.37. The minimum absolute atomic E-state index is 0.188. The highest BCUT2D eigenvalue weighted by Crippen LogP contribution is 2.12. The van der Waals surface area contributed by atoms with Crippen LogP contribution in [0.3, 0.4) is 0 Å². The predicted molar refractivity (Wildman–Crippen MR) is 67.9 cm³/mol. The predicted octanol–water partition coefficient (Wildman–Crippen LogP) is 2.28. The topological polar surface area (TPSA) is 30.5 Å². The number of hydrogen-bond acceptors (Lipinski definition) is 4. The van der Waals surface area contributed by atoms with Crippen molar-refractivity contribution >= 4 is 11.3 Å². The van der Waals surface area contributed by atoms with Gasteiger partial charge in [0.15, 0.2) is 6.29 Å². The molecule has 0 amide bonds. The maximum atomic E-state index is 5.33. The molecule has 0 saturated carbocycles. The van der Waals surface area contributed by atoms with E-state index in [-0.39, 0.29) is 12.3 Å². The molecule has 0 saturated heterocycles. The van der Waals surface area contributed by atoms with Gasteiger partial charge in [-0.3, -0.25) is 0 Å². The van der Waals surface area contributed by atoms with Crippen molar-refractivity contribution < 1.29 is 9.47 Å². The number of ether oxygens (including phenoxy) is 2. The molecule has 92 valence electrons. The van der Waals surface area contributed by atoms with E-state index in [1.807, 2.05) is 0 Å². The number of nitrogens with one attached hydrogen (secondary N) is 1. The fourth-order valence-corrected chi connectivity index (χ4v) is 2.36. The molecule has 3 nitrogen and oxygen atoms in total. The maximum absolute atomic E-state index is 5.33. The van der Waals surface area contributed by atoms with Crippen molar-refractivity contribution in [3.8, 4) is 0 Å². The van der Waals surface area contributed by atoms with Gasteiger partial charge in [-0.2, -0.15) is 11.3 Å². The van der Waals surface area contributed by atoms with Gasteiger partial charge in [-0.25, -0.2) is 0 Å². The van der Waals surface area contributed by atoms with E-state index in [0.717, 1.165) is 19.4 Å². The van der Waals surface area contributed by atoms with Gasteiger partial charge in [0.05, 0.1) is 6.04 Å². The van der Waals surface area contributed by atoms with Crippen LogP contribution in [0.25, 0.3) is 0 Å². The molecule has 0 aliphatic rings. The molecule has 1 heterocycles. The largest absolute Gasteiger partial charge is 0.354 e. The molecule has 0 radical (unpaired) electrons. The van der Waals surface area contributed by atoms with E-state index in [1.165, 1.54) is 5.56 Å². The first-order chi connectivity index (χ1) is 7.81. The molecule has 1 rings (SSSR count). The molecule has 1 N–H and O–H groups in total. The third-order valence-corrected chi connectivity index (χ3v) is 3.22. The van der Waals surface area contributed by atoms with Gasteiger partial charge in [0.25, 0.3) is 0 Å². The van der Waals surface area contributed by atoms with Crippen LogP contribution in [0.5, 0.6) is 0 Å². The Bertz CT molecular complexity index is 260. The fraction of sp³-hybridized carbons (Fsp3) is 0.667. The summed E-state index contributed by atoms with van der Waals surface area (Å²) in [4.78, 5) is 0. The molecule has 0 aromatic carbocycles. The maximum Gasteiger partial charge on any atom is 0.172 e. The van der Waals surface area contributed by atoms with E-state index in [2.05, 4.69) is 29.1 Å². The number of rotatable bonds is 8. The normalized spacial score (nSPS) is 13.2. The Balaban J connectivity index is 2.55. The van der Waals surface area contributed by atoms with E-state index in [1.54, 1.807) is 25.6 Å². The standard InChI is InChI=1S/C12H21NO2S/c1-4-6-13-11(12(14-2)15-3)8-10-5-7-16-9-10/h5,7,9,11-13H,4,6,8H2,1-3H3. The van der Waals surface area contributed by atoms with Crippen molar-refractivity contribution in [3.05, 3.63) is 22.4 Å². The smallest absolute Gasteiger partial charge is 0.172 e. The minimum Gasteiger partial charge on any atom is -0.354 e. The van der Waals surface area contributed by atoms with Crippen LogP contribution in [-0.4, -0.2) is 33.1 Å². The van der Waals surface area contributed by atoms with Crippen LogP contribution in [0.4, 0.5) is 0 Å². The second-order valence-corrected chi connectivity index (χ2v) is 4.52. The molecular weight excluding hydrogens is 222 g/mol. The molecule has 1 unspecified atom stereocenters. The van der Waals surface area contributed by atoms with E-state index in [4.69, 9.17) is 9.47 Å². The second kappa shape index (κ2) is 7.79. The van der Waals surface area contributed by atoms with Gasteiger partial charge in [-0.1, -0.05) is 6.92 Å². The Morgan fingerprint density at radius 2 is 2.12 bits per heavy atom. The lowest BCUT2D eigenvalue weighted by molar-refractivity contribution is -0.122. The molecule has 0 aliphatic heterocycles. The molecule has 1 aromatic rings. The molecule has 0 aliphatic carbocycles. The van der Waals surface area contributed by atoms with Crippen LogP contribution in [0.1, 0.15) is 18.9 Å². The first kappa shape index (κ1) is 13.6. The van der Waals surface area contributed by atoms with Crippen molar-refractivity contribution in [1.82, 2.24) is 5.32 Å². The van der Waals surface area contributed by atoms with Crippen molar-refractivity contribution in [2.75, 3.05) is 20.8 Å². The summed E-state index contributed by atoms with van der Waals surface area (Å²) in [6.07, 6.45) is 1.86. The van der Waals surface area contributed by atoms with Crippen LogP contribution < -0.4 is 5.32 Å². The van der Waals surface area contributed by atoms with E-state index >= 15 is 0 Å². The fourth-order valence-electron chi connectivity index (χ4n) is 1.68. The van der Waals surface area contributed by atoms with E-state index < -0.39 is 0 Å². The molecule has 0 fully saturated rings. The average molecular weight is 243 g/mol. The minimum atomic E-state index is -0.188. The zero-order chi connectivity index (χ0) is 11.8. The quantitative estimate of drug-likeness (QED) is 0.711. The second-order valence-electron chi connectivity index (χ2n) is 3.74. The zero-order valence-electron chi connectivity index (χ0n) is 10.2. The number of methoxy groups -OCH3 is 2. The summed E-state index contributed by atoms with van der Waals surface area (Å²) in [5.74, 6) is 0. The van der Waals surface area contributed by atoms with Crippen LogP contribution in [0.2, 0.25) is 0 Å². The van der Waals surface area contributed by atoms with Gasteiger partial charge in [0.2, 0.25) is 0 Å². The molecule has 1 aromatic heterocycles.